The van der Waals surface area contributed by atoms with Crippen LogP contribution >= 0.6 is 12.4 Å². The largest absolute Gasteiger partial charge is 0.339 e. The number of amides is 1. The summed E-state index contributed by atoms with van der Waals surface area (Å²) in [5.41, 5.74) is 4.33. The fraction of sp³-hybridized carbons (Fsp3) is 0.588. The molecule has 0 saturated carbocycles. The number of nitrogens with one attached hydrogen (secondary N) is 1. The van der Waals surface area contributed by atoms with Gasteiger partial charge in [0.2, 0.25) is 0 Å². The third-order valence-electron chi connectivity index (χ3n) is 4.29. The Hall–Kier alpha value is -1.06. The molecule has 1 saturated heterocycles. The minimum absolute atomic E-state index is 0. The number of likely N-dealkylation sites (tertiary alicyclic amines) is 1. The van der Waals surface area contributed by atoms with E-state index >= 15 is 0 Å². The fourth-order valence-electron chi connectivity index (χ4n) is 3.30. The lowest BCUT2D eigenvalue weighted by molar-refractivity contribution is 0.0689. The quantitative estimate of drug-likeness (QED) is 0.930. The summed E-state index contributed by atoms with van der Waals surface area (Å²) in [6.45, 7) is 9.00. The van der Waals surface area contributed by atoms with Crippen molar-refractivity contribution in [2.45, 2.75) is 33.6 Å². The van der Waals surface area contributed by atoms with Gasteiger partial charge < -0.3 is 10.2 Å². The highest BCUT2D eigenvalue weighted by molar-refractivity contribution is 5.97. The molecular formula is C17H27ClN2O. The van der Waals surface area contributed by atoms with Gasteiger partial charge in [-0.05, 0) is 64.3 Å². The van der Waals surface area contributed by atoms with E-state index in [1.807, 2.05) is 25.8 Å². The Morgan fingerprint density at radius 1 is 1.19 bits per heavy atom. The van der Waals surface area contributed by atoms with Crippen LogP contribution in [-0.2, 0) is 0 Å². The predicted molar refractivity (Wildman–Crippen MR) is 90.5 cm³/mol. The maximum Gasteiger partial charge on any atom is 0.254 e. The molecule has 1 aliphatic heterocycles. The van der Waals surface area contributed by atoms with Crippen molar-refractivity contribution < 1.29 is 4.79 Å². The van der Waals surface area contributed by atoms with Gasteiger partial charge in [0.25, 0.3) is 5.91 Å². The first kappa shape index (κ1) is 18.0. The summed E-state index contributed by atoms with van der Waals surface area (Å²) < 4.78 is 0. The van der Waals surface area contributed by atoms with E-state index in [1.165, 1.54) is 5.56 Å². The number of carbonyl (C=O) groups excluding carboxylic acids is 1. The minimum atomic E-state index is 0. The molecule has 1 aromatic rings. The van der Waals surface area contributed by atoms with Gasteiger partial charge in [-0.2, -0.15) is 0 Å². The number of hydrogen-bond donors (Lipinski definition) is 1. The van der Waals surface area contributed by atoms with Crippen LogP contribution in [0.1, 0.15) is 39.9 Å². The van der Waals surface area contributed by atoms with Crippen LogP contribution in [0.4, 0.5) is 0 Å². The Morgan fingerprint density at radius 3 is 2.19 bits per heavy atom. The molecule has 0 bridgehead atoms. The van der Waals surface area contributed by atoms with E-state index < -0.39 is 0 Å². The normalized spacial score (nSPS) is 15.7. The lowest BCUT2D eigenvalue weighted by atomic mass is 9.94. The first-order valence-electron chi connectivity index (χ1n) is 7.54. The molecule has 1 aromatic carbocycles. The highest BCUT2D eigenvalue weighted by Crippen LogP contribution is 2.22. The average molecular weight is 311 g/mol. The van der Waals surface area contributed by atoms with Gasteiger partial charge in [-0.25, -0.2) is 0 Å². The number of rotatable bonds is 3. The summed E-state index contributed by atoms with van der Waals surface area (Å²) in [5.74, 6) is 0.923. The maximum absolute atomic E-state index is 12.7. The lowest BCUT2D eigenvalue weighted by Gasteiger charge is -2.32. The number of benzene rings is 1. The number of piperidine rings is 1. The third-order valence-corrected chi connectivity index (χ3v) is 4.29. The molecule has 0 spiro atoms. The van der Waals surface area contributed by atoms with Crippen LogP contribution in [0.15, 0.2) is 12.1 Å². The van der Waals surface area contributed by atoms with Gasteiger partial charge >= 0.3 is 0 Å². The van der Waals surface area contributed by atoms with E-state index in [1.54, 1.807) is 0 Å². The Balaban J connectivity index is 0.00000220. The van der Waals surface area contributed by atoms with Crippen molar-refractivity contribution in [3.05, 3.63) is 34.4 Å². The minimum Gasteiger partial charge on any atom is -0.339 e. The van der Waals surface area contributed by atoms with Gasteiger partial charge in [-0.15, -0.1) is 12.4 Å². The van der Waals surface area contributed by atoms with Crippen molar-refractivity contribution in [1.29, 1.82) is 0 Å². The van der Waals surface area contributed by atoms with Crippen molar-refractivity contribution >= 4 is 18.3 Å². The van der Waals surface area contributed by atoms with Gasteiger partial charge in [-0.1, -0.05) is 17.7 Å². The van der Waals surface area contributed by atoms with Crippen molar-refractivity contribution in [2.75, 3.05) is 26.7 Å². The molecule has 4 heteroatoms. The topological polar surface area (TPSA) is 32.3 Å². The first-order chi connectivity index (χ1) is 9.52. The smallest absolute Gasteiger partial charge is 0.254 e. The molecule has 1 heterocycles. The standard InChI is InChI=1S/C17H26N2O.ClH/c1-12-9-13(2)16(14(3)10-12)17(20)19-7-5-15(6-8-19)11-18-4;/h9-10,15,18H,5-8,11H2,1-4H3;1H. The van der Waals surface area contributed by atoms with E-state index in [9.17, 15) is 4.79 Å². The van der Waals surface area contributed by atoms with Crippen LogP contribution < -0.4 is 5.32 Å². The second kappa shape index (κ2) is 7.81. The number of nitrogens with zero attached hydrogens (tertiary/aromatic N) is 1. The zero-order valence-electron chi connectivity index (χ0n) is 13.5. The molecule has 0 aromatic heterocycles. The predicted octanol–water partition coefficient (Wildman–Crippen LogP) is 3.11. The molecule has 0 aliphatic carbocycles. The molecule has 2 rings (SSSR count). The molecule has 1 amide bonds. The molecule has 21 heavy (non-hydrogen) atoms. The Bertz CT molecular complexity index is 471. The Morgan fingerprint density at radius 2 is 1.71 bits per heavy atom. The molecule has 3 nitrogen and oxygen atoms in total. The van der Waals surface area contributed by atoms with Gasteiger partial charge in [0, 0.05) is 18.7 Å². The molecule has 0 unspecified atom stereocenters. The van der Waals surface area contributed by atoms with Gasteiger partial charge in [-0.3, -0.25) is 4.79 Å². The van der Waals surface area contributed by atoms with Crippen molar-refractivity contribution in [3.63, 3.8) is 0 Å². The first-order valence-corrected chi connectivity index (χ1v) is 7.54. The van der Waals surface area contributed by atoms with E-state index in [4.69, 9.17) is 0 Å². The third kappa shape index (κ3) is 4.21. The number of hydrogen-bond acceptors (Lipinski definition) is 2. The molecule has 0 radical (unpaired) electrons. The Kier molecular flexibility index (Phi) is 6.69. The SMILES string of the molecule is CNCC1CCN(C(=O)c2c(C)cc(C)cc2C)CC1.Cl. The van der Waals surface area contributed by atoms with Crippen LogP contribution in [0.3, 0.4) is 0 Å². The number of aryl methyl sites for hydroxylation is 3. The zero-order valence-corrected chi connectivity index (χ0v) is 14.3. The van der Waals surface area contributed by atoms with Crippen LogP contribution in [-0.4, -0.2) is 37.5 Å². The second-order valence-corrected chi connectivity index (χ2v) is 6.07. The highest BCUT2D eigenvalue weighted by Gasteiger charge is 2.25. The second-order valence-electron chi connectivity index (χ2n) is 6.07. The summed E-state index contributed by atoms with van der Waals surface area (Å²) in [5, 5.41) is 3.23. The van der Waals surface area contributed by atoms with Crippen LogP contribution in [0.5, 0.6) is 0 Å². The molecule has 1 aliphatic rings. The van der Waals surface area contributed by atoms with E-state index in [-0.39, 0.29) is 18.3 Å². The zero-order chi connectivity index (χ0) is 14.7. The van der Waals surface area contributed by atoms with Gasteiger partial charge in [0.05, 0.1) is 0 Å². The number of carbonyl (C=O) groups is 1. The maximum atomic E-state index is 12.7. The van der Waals surface area contributed by atoms with Crippen molar-refractivity contribution in [3.8, 4) is 0 Å². The monoisotopic (exact) mass is 310 g/mol. The van der Waals surface area contributed by atoms with Gasteiger partial charge in [0.15, 0.2) is 0 Å². The summed E-state index contributed by atoms with van der Waals surface area (Å²) in [6, 6.07) is 4.21. The number of halogens is 1. The molecule has 118 valence electrons. The fourth-order valence-corrected chi connectivity index (χ4v) is 3.30. The summed E-state index contributed by atoms with van der Waals surface area (Å²) in [7, 11) is 2.00. The van der Waals surface area contributed by atoms with E-state index in [0.29, 0.717) is 5.92 Å². The highest BCUT2D eigenvalue weighted by atomic mass is 35.5. The van der Waals surface area contributed by atoms with E-state index in [0.717, 1.165) is 49.2 Å². The van der Waals surface area contributed by atoms with Crippen LogP contribution in [0, 0.1) is 26.7 Å². The summed E-state index contributed by atoms with van der Waals surface area (Å²) in [4.78, 5) is 14.8. The molecule has 1 fully saturated rings. The lowest BCUT2D eigenvalue weighted by Crippen LogP contribution is -2.40. The summed E-state index contributed by atoms with van der Waals surface area (Å²) in [6.07, 6.45) is 2.22. The van der Waals surface area contributed by atoms with E-state index in [2.05, 4.69) is 24.4 Å². The molecular weight excluding hydrogens is 284 g/mol. The van der Waals surface area contributed by atoms with Crippen molar-refractivity contribution in [2.24, 2.45) is 5.92 Å². The molecule has 1 N–H and O–H groups in total. The summed E-state index contributed by atoms with van der Waals surface area (Å²) >= 11 is 0. The average Bonchev–Trinajstić information content (AvgIpc) is 2.38. The Labute approximate surface area is 134 Å². The molecule has 0 atom stereocenters. The van der Waals surface area contributed by atoms with Crippen molar-refractivity contribution in [1.82, 2.24) is 10.2 Å². The van der Waals surface area contributed by atoms with Gasteiger partial charge in [0.1, 0.15) is 0 Å². The van der Waals surface area contributed by atoms with Crippen LogP contribution in [0.2, 0.25) is 0 Å². The van der Waals surface area contributed by atoms with Crippen LogP contribution in [0.25, 0.3) is 0 Å².